The number of carbonyl (C=O) groups excluding carboxylic acids is 1. The van der Waals surface area contributed by atoms with Crippen molar-refractivity contribution in [3.63, 3.8) is 0 Å². The zero-order chi connectivity index (χ0) is 12.8. The van der Waals surface area contributed by atoms with Crippen LogP contribution in [0.2, 0.25) is 0 Å². The first kappa shape index (κ1) is 13.9. The van der Waals surface area contributed by atoms with Crippen molar-refractivity contribution >= 4 is 5.97 Å². The van der Waals surface area contributed by atoms with Gasteiger partial charge in [0.1, 0.15) is 0 Å². The lowest BCUT2D eigenvalue weighted by Crippen LogP contribution is -2.41. The first-order chi connectivity index (χ1) is 8.74. The highest BCUT2D eigenvalue weighted by molar-refractivity contribution is 5.69. The number of likely N-dealkylation sites (tertiary alicyclic amines) is 1. The lowest BCUT2D eigenvalue weighted by molar-refractivity contribution is -0.140. The Bertz CT molecular complexity index is 262. The normalized spacial score (nSPS) is 24.1. The molecule has 0 amide bonds. The minimum absolute atomic E-state index is 0.0734. The molecule has 0 atom stereocenters. The van der Waals surface area contributed by atoms with E-state index in [1.807, 2.05) is 0 Å². The van der Waals surface area contributed by atoms with Gasteiger partial charge in [0.2, 0.25) is 0 Å². The van der Waals surface area contributed by atoms with E-state index in [0.717, 1.165) is 13.0 Å². The van der Waals surface area contributed by atoms with Gasteiger partial charge in [0.05, 0.1) is 7.11 Å². The highest BCUT2D eigenvalue weighted by Gasteiger charge is 2.35. The Kier molecular flexibility index (Phi) is 5.04. The first-order valence-electron chi connectivity index (χ1n) is 7.53. The fourth-order valence-electron chi connectivity index (χ4n) is 3.60. The average Bonchev–Trinajstić information content (AvgIpc) is 2.42. The number of nitrogens with zero attached hydrogens (tertiary/aromatic N) is 1. The van der Waals surface area contributed by atoms with Crippen molar-refractivity contribution in [1.29, 1.82) is 0 Å². The molecule has 0 N–H and O–H groups in total. The van der Waals surface area contributed by atoms with Crippen LogP contribution in [0, 0.1) is 5.41 Å². The molecule has 1 aliphatic heterocycles. The quantitative estimate of drug-likeness (QED) is 0.721. The van der Waals surface area contributed by atoms with Crippen molar-refractivity contribution < 1.29 is 9.53 Å². The van der Waals surface area contributed by atoms with Crippen LogP contribution >= 0.6 is 0 Å². The lowest BCUT2D eigenvalue weighted by atomic mass is 9.68. The van der Waals surface area contributed by atoms with Crippen molar-refractivity contribution in [2.45, 2.75) is 57.8 Å². The number of rotatable bonds is 4. The third kappa shape index (κ3) is 3.71. The van der Waals surface area contributed by atoms with Gasteiger partial charge in [-0.05, 0) is 57.2 Å². The Labute approximate surface area is 111 Å². The zero-order valence-corrected chi connectivity index (χ0v) is 11.7. The topological polar surface area (TPSA) is 29.5 Å². The lowest BCUT2D eigenvalue weighted by Gasteiger charge is -2.44. The molecule has 0 unspecified atom stereocenters. The van der Waals surface area contributed by atoms with Gasteiger partial charge >= 0.3 is 5.97 Å². The van der Waals surface area contributed by atoms with Crippen LogP contribution in [0.15, 0.2) is 0 Å². The second-order valence-electron chi connectivity index (χ2n) is 6.08. The molecular weight excluding hydrogens is 226 g/mol. The van der Waals surface area contributed by atoms with Crippen molar-refractivity contribution in [3.05, 3.63) is 0 Å². The molecule has 2 aliphatic rings. The van der Waals surface area contributed by atoms with Crippen LogP contribution in [-0.2, 0) is 9.53 Å². The van der Waals surface area contributed by atoms with Crippen molar-refractivity contribution in [2.24, 2.45) is 5.41 Å². The van der Waals surface area contributed by atoms with E-state index >= 15 is 0 Å². The Morgan fingerprint density at radius 2 is 1.78 bits per heavy atom. The molecule has 104 valence electrons. The molecule has 0 aromatic rings. The maximum atomic E-state index is 11.1. The van der Waals surface area contributed by atoms with Crippen molar-refractivity contribution in [2.75, 3.05) is 26.7 Å². The van der Waals surface area contributed by atoms with E-state index in [0.29, 0.717) is 11.8 Å². The molecule has 1 saturated carbocycles. The van der Waals surface area contributed by atoms with Gasteiger partial charge in [-0.15, -0.1) is 0 Å². The average molecular weight is 253 g/mol. The molecule has 0 radical (unpaired) electrons. The summed E-state index contributed by atoms with van der Waals surface area (Å²) in [7, 11) is 1.47. The summed E-state index contributed by atoms with van der Waals surface area (Å²) in [6, 6.07) is 0. The third-order valence-electron chi connectivity index (χ3n) is 4.91. The molecule has 0 aromatic heterocycles. The minimum Gasteiger partial charge on any atom is -0.469 e. The molecule has 3 nitrogen and oxygen atoms in total. The third-order valence-corrected chi connectivity index (χ3v) is 4.91. The minimum atomic E-state index is -0.0734. The van der Waals surface area contributed by atoms with E-state index in [2.05, 4.69) is 9.64 Å². The number of hydrogen-bond donors (Lipinski definition) is 0. The van der Waals surface area contributed by atoms with Crippen LogP contribution in [0.5, 0.6) is 0 Å². The van der Waals surface area contributed by atoms with Crippen LogP contribution in [0.3, 0.4) is 0 Å². The summed E-state index contributed by atoms with van der Waals surface area (Å²) >= 11 is 0. The van der Waals surface area contributed by atoms with Gasteiger partial charge in [-0.25, -0.2) is 0 Å². The van der Waals surface area contributed by atoms with E-state index < -0.39 is 0 Å². The maximum Gasteiger partial charge on any atom is 0.305 e. The van der Waals surface area contributed by atoms with E-state index in [9.17, 15) is 4.79 Å². The Morgan fingerprint density at radius 1 is 1.11 bits per heavy atom. The Balaban J connectivity index is 1.65. The van der Waals surface area contributed by atoms with Gasteiger partial charge in [0.15, 0.2) is 0 Å². The van der Waals surface area contributed by atoms with Crippen LogP contribution in [0.1, 0.15) is 57.8 Å². The molecular formula is C15H27NO2. The molecule has 3 heteroatoms. The number of methoxy groups -OCH3 is 1. The van der Waals surface area contributed by atoms with Crippen LogP contribution in [-0.4, -0.2) is 37.6 Å². The van der Waals surface area contributed by atoms with Gasteiger partial charge in [0, 0.05) is 6.42 Å². The summed E-state index contributed by atoms with van der Waals surface area (Å²) in [4.78, 5) is 13.6. The largest absolute Gasteiger partial charge is 0.469 e. The standard InChI is InChI=1S/C15H27NO2/c1-18-14(17)6-5-11-16-12-9-15(10-13-16)7-3-2-4-8-15/h2-13H2,1H3. The maximum absolute atomic E-state index is 11.1. The van der Waals surface area contributed by atoms with E-state index in [-0.39, 0.29) is 5.97 Å². The summed E-state index contributed by atoms with van der Waals surface area (Å²) in [6.07, 6.45) is 11.5. The molecule has 1 spiro atoms. The van der Waals surface area contributed by atoms with Crippen LogP contribution < -0.4 is 0 Å². The summed E-state index contributed by atoms with van der Waals surface area (Å²) in [5, 5.41) is 0. The van der Waals surface area contributed by atoms with E-state index in [1.54, 1.807) is 0 Å². The molecule has 0 bridgehead atoms. The highest BCUT2D eigenvalue weighted by Crippen LogP contribution is 2.44. The Hall–Kier alpha value is -0.570. The number of hydrogen-bond acceptors (Lipinski definition) is 3. The molecule has 18 heavy (non-hydrogen) atoms. The zero-order valence-electron chi connectivity index (χ0n) is 11.7. The van der Waals surface area contributed by atoms with Crippen molar-refractivity contribution in [3.8, 4) is 0 Å². The molecule has 1 aliphatic carbocycles. The van der Waals surface area contributed by atoms with Gasteiger partial charge in [-0.2, -0.15) is 0 Å². The number of esters is 1. The van der Waals surface area contributed by atoms with Crippen LogP contribution in [0.4, 0.5) is 0 Å². The molecule has 2 rings (SSSR count). The predicted octanol–water partition coefficient (Wildman–Crippen LogP) is 2.99. The highest BCUT2D eigenvalue weighted by atomic mass is 16.5. The van der Waals surface area contributed by atoms with Gasteiger partial charge in [-0.3, -0.25) is 4.79 Å². The van der Waals surface area contributed by atoms with Crippen molar-refractivity contribution in [1.82, 2.24) is 4.90 Å². The van der Waals surface area contributed by atoms with Crippen LogP contribution in [0.25, 0.3) is 0 Å². The van der Waals surface area contributed by atoms with E-state index in [1.165, 1.54) is 65.1 Å². The fraction of sp³-hybridized carbons (Fsp3) is 0.933. The first-order valence-corrected chi connectivity index (χ1v) is 7.53. The molecule has 1 heterocycles. The summed E-state index contributed by atoms with van der Waals surface area (Å²) < 4.78 is 4.67. The summed E-state index contributed by atoms with van der Waals surface area (Å²) in [6.45, 7) is 3.54. The smallest absolute Gasteiger partial charge is 0.305 e. The molecule has 0 aromatic carbocycles. The number of carbonyl (C=O) groups is 1. The second-order valence-corrected chi connectivity index (χ2v) is 6.08. The van der Waals surface area contributed by atoms with Gasteiger partial charge in [-0.1, -0.05) is 19.3 Å². The number of piperidine rings is 1. The second kappa shape index (κ2) is 6.55. The SMILES string of the molecule is COC(=O)CCCN1CCC2(CCCCC2)CC1. The predicted molar refractivity (Wildman–Crippen MR) is 72.4 cm³/mol. The number of ether oxygens (including phenoxy) is 1. The Morgan fingerprint density at radius 3 is 2.39 bits per heavy atom. The molecule has 1 saturated heterocycles. The fourth-order valence-corrected chi connectivity index (χ4v) is 3.60. The summed E-state index contributed by atoms with van der Waals surface area (Å²) in [5.41, 5.74) is 0.692. The van der Waals surface area contributed by atoms with Gasteiger partial charge < -0.3 is 9.64 Å². The monoisotopic (exact) mass is 253 g/mol. The van der Waals surface area contributed by atoms with Gasteiger partial charge in [0.25, 0.3) is 0 Å². The van der Waals surface area contributed by atoms with E-state index in [4.69, 9.17) is 0 Å². The molecule has 2 fully saturated rings. The summed E-state index contributed by atoms with van der Waals surface area (Å²) in [5.74, 6) is -0.0734.